The van der Waals surface area contributed by atoms with Gasteiger partial charge in [0, 0.05) is 38.9 Å². The summed E-state index contributed by atoms with van der Waals surface area (Å²) in [6, 6.07) is 3.67. The molecule has 1 aromatic heterocycles. The number of anilines is 1. The van der Waals surface area contributed by atoms with Crippen LogP contribution < -0.4 is 10.2 Å². The van der Waals surface area contributed by atoms with Crippen molar-refractivity contribution >= 4 is 17.8 Å². The van der Waals surface area contributed by atoms with E-state index in [1.54, 1.807) is 18.0 Å². The number of aromatic nitrogens is 1. The molecule has 2 aliphatic heterocycles. The molecule has 142 valence electrons. The maximum absolute atomic E-state index is 12.3. The number of nitrogens with one attached hydrogen (secondary N) is 1. The van der Waals surface area contributed by atoms with Crippen LogP contribution in [0.25, 0.3) is 0 Å². The zero-order valence-electron chi connectivity index (χ0n) is 15.3. The molecular weight excluding hydrogens is 336 g/mol. The molecule has 3 heterocycles. The smallest absolute Gasteiger partial charge is 0.317 e. The fourth-order valence-corrected chi connectivity index (χ4v) is 3.33. The van der Waals surface area contributed by atoms with E-state index in [1.165, 1.54) is 0 Å². The molecule has 2 atom stereocenters. The van der Waals surface area contributed by atoms with Crippen LogP contribution in [-0.4, -0.2) is 65.9 Å². The first-order valence-corrected chi connectivity index (χ1v) is 8.95. The summed E-state index contributed by atoms with van der Waals surface area (Å²) >= 11 is 0. The van der Waals surface area contributed by atoms with Gasteiger partial charge in [-0.25, -0.2) is 9.78 Å². The summed E-state index contributed by atoms with van der Waals surface area (Å²) in [5, 5.41) is 12.1. The predicted molar refractivity (Wildman–Crippen MR) is 96.0 cm³/mol. The molecule has 2 unspecified atom stereocenters. The third-order valence-electron chi connectivity index (χ3n) is 5.09. The van der Waals surface area contributed by atoms with Crippen molar-refractivity contribution in [1.82, 2.24) is 15.2 Å². The highest BCUT2D eigenvalue weighted by atomic mass is 16.5. The number of urea groups is 1. The third kappa shape index (κ3) is 4.07. The van der Waals surface area contributed by atoms with Gasteiger partial charge in [-0.1, -0.05) is 6.07 Å². The minimum absolute atomic E-state index is 0.196. The molecule has 0 spiro atoms. The second kappa shape index (κ2) is 7.49. The Balaban J connectivity index is 1.50. The summed E-state index contributed by atoms with van der Waals surface area (Å²) in [5.41, 5.74) is 0.0548. The molecule has 2 aliphatic rings. The van der Waals surface area contributed by atoms with Gasteiger partial charge in [0.2, 0.25) is 0 Å². The lowest BCUT2D eigenvalue weighted by atomic mass is 9.90. The lowest BCUT2D eigenvalue weighted by molar-refractivity contribution is -0.147. The number of aliphatic carboxylic acids is 1. The number of likely N-dealkylation sites (tertiary alicyclic amines) is 1. The first-order valence-electron chi connectivity index (χ1n) is 8.95. The maximum atomic E-state index is 12.3. The molecular formula is C18H26N4O4. The van der Waals surface area contributed by atoms with E-state index in [1.807, 2.05) is 19.1 Å². The first-order chi connectivity index (χ1) is 12.4. The van der Waals surface area contributed by atoms with Gasteiger partial charge in [-0.15, -0.1) is 0 Å². The van der Waals surface area contributed by atoms with Crippen molar-refractivity contribution in [3.63, 3.8) is 0 Å². The molecule has 26 heavy (non-hydrogen) atoms. The molecule has 3 rings (SSSR count). The van der Waals surface area contributed by atoms with E-state index in [9.17, 15) is 14.7 Å². The molecule has 2 amide bonds. The molecule has 0 saturated carbocycles. The Hall–Kier alpha value is -2.35. The van der Waals surface area contributed by atoms with Crippen molar-refractivity contribution in [2.24, 2.45) is 5.41 Å². The lowest BCUT2D eigenvalue weighted by Gasteiger charge is -2.32. The number of rotatable bonds is 4. The van der Waals surface area contributed by atoms with E-state index >= 15 is 0 Å². The third-order valence-corrected chi connectivity index (χ3v) is 5.09. The number of nitrogens with zero attached hydrogens (tertiary/aromatic N) is 3. The van der Waals surface area contributed by atoms with Gasteiger partial charge < -0.3 is 25.0 Å². The van der Waals surface area contributed by atoms with Gasteiger partial charge in [0.1, 0.15) is 5.82 Å². The lowest BCUT2D eigenvalue weighted by Crippen LogP contribution is -2.41. The van der Waals surface area contributed by atoms with Gasteiger partial charge in [0.05, 0.1) is 18.1 Å². The van der Waals surface area contributed by atoms with Gasteiger partial charge in [-0.05, 0) is 31.9 Å². The van der Waals surface area contributed by atoms with E-state index in [-0.39, 0.29) is 18.7 Å². The summed E-state index contributed by atoms with van der Waals surface area (Å²) in [6.45, 7) is 7.13. The number of carbonyl (C=O) groups excluding carboxylic acids is 1. The van der Waals surface area contributed by atoms with Gasteiger partial charge in [-0.3, -0.25) is 4.79 Å². The number of carboxylic acid groups (broad SMARTS) is 1. The summed E-state index contributed by atoms with van der Waals surface area (Å²) in [7, 11) is 0. The van der Waals surface area contributed by atoms with E-state index in [0.29, 0.717) is 26.1 Å². The number of pyridine rings is 1. The fourth-order valence-electron chi connectivity index (χ4n) is 3.33. The summed E-state index contributed by atoms with van der Waals surface area (Å²) in [4.78, 5) is 31.8. The Kier molecular flexibility index (Phi) is 5.31. The quantitative estimate of drug-likeness (QED) is 0.839. The molecule has 0 aliphatic carbocycles. The van der Waals surface area contributed by atoms with E-state index < -0.39 is 11.4 Å². The maximum Gasteiger partial charge on any atom is 0.317 e. The molecule has 8 heteroatoms. The predicted octanol–water partition coefficient (Wildman–Crippen LogP) is 1.31. The topological polar surface area (TPSA) is 95.0 Å². The van der Waals surface area contributed by atoms with Crippen molar-refractivity contribution in [2.75, 3.05) is 37.7 Å². The van der Waals surface area contributed by atoms with Crippen molar-refractivity contribution in [3.8, 4) is 0 Å². The van der Waals surface area contributed by atoms with E-state index in [0.717, 1.165) is 24.5 Å². The number of ether oxygens (including phenoxy) is 1. The van der Waals surface area contributed by atoms with Crippen molar-refractivity contribution < 1.29 is 19.4 Å². The zero-order chi connectivity index (χ0) is 18.7. The second-order valence-corrected chi connectivity index (χ2v) is 7.35. The number of hydrogen-bond donors (Lipinski definition) is 2. The monoisotopic (exact) mass is 362 g/mol. The molecule has 0 bridgehead atoms. The highest BCUT2D eigenvalue weighted by molar-refractivity contribution is 5.79. The highest BCUT2D eigenvalue weighted by Gasteiger charge is 2.42. The number of hydrogen-bond acceptors (Lipinski definition) is 5. The minimum atomic E-state index is -0.856. The molecule has 1 aromatic rings. The average Bonchev–Trinajstić information content (AvgIpc) is 3.04. The van der Waals surface area contributed by atoms with Crippen LogP contribution in [0.3, 0.4) is 0 Å². The van der Waals surface area contributed by atoms with E-state index in [4.69, 9.17) is 4.74 Å². The van der Waals surface area contributed by atoms with E-state index in [2.05, 4.69) is 15.2 Å². The van der Waals surface area contributed by atoms with Crippen LogP contribution in [0, 0.1) is 5.41 Å². The standard InChI is InChI=1S/C18H26N4O4/c1-13-11-21(7-8-26-13)15-4-3-14(9-19-15)10-20-17(25)22-6-5-18(2,12-22)16(23)24/h3-4,9,13H,5-8,10-12H2,1-2H3,(H,20,25)(H,23,24). The second-order valence-electron chi connectivity index (χ2n) is 7.35. The average molecular weight is 362 g/mol. The van der Waals surface area contributed by atoms with Crippen LogP contribution in [0.5, 0.6) is 0 Å². The van der Waals surface area contributed by atoms with Crippen LogP contribution in [0.15, 0.2) is 18.3 Å². The van der Waals surface area contributed by atoms with Crippen molar-refractivity contribution in [1.29, 1.82) is 0 Å². The molecule has 0 aromatic carbocycles. The van der Waals surface area contributed by atoms with Gasteiger partial charge >= 0.3 is 12.0 Å². The summed E-state index contributed by atoms with van der Waals surface area (Å²) in [6.07, 6.45) is 2.44. The van der Waals surface area contributed by atoms with Crippen LogP contribution in [0.4, 0.5) is 10.6 Å². The summed E-state index contributed by atoms with van der Waals surface area (Å²) in [5.74, 6) is 0.0528. The van der Waals surface area contributed by atoms with Crippen molar-refractivity contribution in [2.45, 2.75) is 32.9 Å². The van der Waals surface area contributed by atoms with Crippen LogP contribution in [-0.2, 0) is 16.1 Å². The van der Waals surface area contributed by atoms with Crippen LogP contribution in [0.1, 0.15) is 25.8 Å². The fraction of sp³-hybridized carbons (Fsp3) is 0.611. The molecule has 2 saturated heterocycles. The molecule has 2 fully saturated rings. The molecule has 0 radical (unpaired) electrons. The summed E-state index contributed by atoms with van der Waals surface area (Å²) < 4.78 is 5.54. The van der Waals surface area contributed by atoms with Crippen molar-refractivity contribution in [3.05, 3.63) is 23.9 Å². The highest BCUT2D eigenvalue weighted by Crippen LogP contribution is 2.30. The van der Waals surface area contributed by atoms with Gasteiger partial charge in [0.25, 0.3) is 0 Å². The first kappa shape index (κ1) is 18.4. The number of carbonyl (C=O) groups is 2. The van der Waals surface area contributed by atoms with Crippen LogP contribution in [0.2, 0.25) is 0 Å². The Morgan fingerprint density at radius 3 is 2.85 bits per heavy atom. The molecule has 2 N–H and O–H groups in total. The minimum Gasteiger partial charge on any atom is -0.481 e. The Morgan fingerprint density at radius 1 is 1.42 bits per heavy atom. The number of amides is 2. The van der Waals surface area contributed by atoms with Gasteiger partial charge in [0.15, 0.2) is 0 Å². The Morgan fingerprint density at radius 2 is 2.23 bits per heavy atom. The van der Waals surface area contributed by atoms with Crippen LogP contribution >= 0.6 is 0 Å². The largest absolute Gasteiger partial charge is 0.481 e. The number of carboxylic acids is 1. The normalized spacial score (nSPS) is 26.0. The SMILES string of the molecule is CC1CN(c2ccc(CNC(=O)N3CCC(C)(C(=O)O)C3)cn2)CCO1. The zero-order valence-corrected chi connectivity index (χ0v) is 15.3. The Bertz CT molecular complexity index is 666. The van der Waals surface area contributed by atoms with Gasteiger partial charge in [-0.2, -0.15) is 0 Å². The number of morpholine rings is 1. The molecule has 8 nitrogen and oxygen atoms in total. The Labute approximate surface area is 153 Å².